The van der Waals surface area contributed by atoms with Crippen LogP contribution in [0.1, 0.15) is 37.0 Å². The highest BCUT2D eigenvalue weighted by Crippen LogP contribution is 2.13. The van der Waals surface area contributed by atoms with E-state index in [1.807, 2.05) is 39.0 Å². The Morgan fingerprint density at radius 3 is 2.26 bits per heavy atom. The fourth-order valence-corrected chi connectivity index (χ4v) is 4.17. The molecule has 0 spiro atoms. The van der Waals surface area contributed by atoms with Gasteiger partial charge in [-0.05, 0) is 39.0 Å². The van der Waals surface area contributed by atoms with Gasteiger partial charge in [-0.3, -0.25) is 9.80 Å². The molecule has 1 aromatic rings. The zero-order valence-electron chi connectivity index (χ0n) is 22.9. The Morgan fingerprint density at radius 1 is 0.974 bits per heavy atom. The van der Waals surface area contributed by atoms with Crippen LogP contribution in [0.2, 0.25) is 0 Å². The molecule has 11 heteroatoms. The molecule has 0 bridgehead atoms. The molecular formula is C27H39N5O6. The predicted octanol–water partition coefficient (Wildman–Crippen LogP) is 1.81. The molecule has 38 heavy (non-hydrogen) atoms. The van der Waals surface area contributed by atoms with Crippen molar-refractivity contribution in [2.24, 2.45) is 0 Å². The number of amides is 1. The maximum Gasteiger partial charge on any atom is 0.410 e. The van der Waals surface area contributed by atoms with Crippen LogP contribution in [0.3, 0.4) is 0 Å². The quantitative estimate of drug-likeness (QED) is 0.432. The van der Waals surface area contributed by atoms with Crippen LogP contribution in [0.4, 0.5) is 4.79 Å². The summed E-state index contributed by atoms with van der Waals surface area (Å²) >= 11 is 0. The third-order valence-electron chi connectivity index (χ3n) is 6.13. The summed E-state index contributed by atoms with van der Waals surface area (Å²) in [5.74, 6) is -0.827. The van der Waals surface area contributed by atoms with E-state index in [0.717, 1.165) is 24.5 Å². The van der Waals surface area contributed by atoms with Crippen LogP contribution in [-0.2, 0) is 25.5 Å². The van der Waals surface area contributed by atoms with E-state index in [1.165, 1.54) is 14.2 Å². The van der Waals surface area contributed by atoms with Crippen molar-refractivity contribution in [1.82, 2.24) is 25.0 Å². The van der Waals surface area contributed by atoms with Gasteiger partial charge in [0.15, 0.2) is 0 Å². The standard InChI is InChI=1S/C27H39N5O6/c1-27(2,3)38-26(35)32-16-14-30(18-20-8-6-10-22(28-20)24(33)36-4)12-13-31(15-17-32)19-21-9-7-11-23(29-21)25(34)37-5/h6-11,22,28H,12-19H2,1-5H3. The van der Waals surface area contributed by atoms with Gasteiger partial charge in [-0.2, -0.15) is 0 Å². The molecule has 208 valence electrons. The van der Waals surface area contributed by atoms with Gasteiger partial charge in [-0.15, -0.1) is 0 Å². The van der Waals surface area contributed by atoms with Crippen molar-refractivity contribution in [3.05, 3.63) is 53.5 Å². The maximum atomic E-state index is 13.0. The number of nitrogens with zero attached hydrogens (tertiary/aromatic N) is 4. The molecule has 1 saturated heterocycles. The number of carbonyl (C=O) groups excluding carboxylic acids is 3. The van der Waals surface area contributed by atoms with Gasteiger partial charge in [0.25, 0.3) is 0 Å². The number of hydrogen-bond acceptors (Lipinski definition) is 10. The van der Waals surface area contributed by atoms with Gasteiger partial charge in [-0.1, -0.05) is 18.2 Å². The average Bonchev–Trinajstić information content (AvgIpc) is 2.98. The summed E-state index contributed by atoms with van der Waals surface area (Å²) in [6.45, 7) is 10.3. The molecule has 1 unspecified atom stereocenters. The summed E-state index contributed by atoms with van der Waals surface area (Å²) in [5.41, 5.74) is 1.30. The zero-order chi connectivity index (χ0) is 27.7. The van der Waals surface area contributed by atoms with Gasteiger partial charge >= 0.3 is 18.0 Å². The first-order valence-corrected chi connectivity index (χ1v) is 12.8. The van der Waals surface area contributed by atoms with E-state index < -0.39 is 17.6 Å². The molecule has 1 amide bonds. The second kappa shape index (κ2) is 13.4. The molecule has 1 atom stereocenters. The zero-order valence-corrected chi connectivity index (χ0v) is 22.9. The second-order valence-corrected chi connectivity index (χ2v) is 10.2. The molecule has 0 saturated carbocycles. The lowest BCUT2D eigenvalue weighted by atomic mass is 10.1. The smallest absolute Gasteiger partial charge is 0.410 e. The van der Waals surface area contributed by atoms with Gasteiger partial charge in [0.1, 0.15) is 17.3 Å². The monoisotopic (exact) mass is 529 g/mol. The van der Waals surface area contributed by atoms with Crippen molar-refractivity contribution in [2.75, 3.05) is 60.0 Å². The van der Waals surface area contributed by atoms with Gasteiger partial charge in [-0.25, -0.2) is 19.4 Å². The molecule has 2 aliphatic rings. The predicted molar refractivity (Wildman–Crippen MR) is 141 cm³/mol. The van der Waals surface area contributed by atoms with E-state index in [1.54, 1.807) is 23.1 Å². The Balaban J connectivity index is 1.75. The van der Waals surface area contributed by atoms with Crippen molar-refractivity contribution in [2.45, 2.75) is 39.0 Å². The number of rotatable bonds is 6. The molecule has 0 aromatic carbocycles. The molecule has 0 radical (unpaired) electrons. The lowest BCUT2D eigenvalue weighted by Gasteiger charge is -2.30. The third-order valence-corrected chi connectivity index (χ3v) is 6.13. The average molecular weight is 530 g/mol. The molecule has 1 aromatic heterocycles. The Hall–Kier alpha value is -3.44. The van der Waals surface area contributed by atoms with Crippen molar-refractivity contribution in [1.29, 1.82) is 0 Å². The largest absolute Gasteiger partial charge is 0.467 e. The number of pyridine rings is 1. The van der Waals surface area contributed by atoms with Gasteiger partial charge in [0, 0.05) is 58.1 Å². The van der Waals surface area contributed by atoms with Crippen LogP contribution in [0, 0.1) is 0 Å². The fraction of sp³-hybridized carbons (Fsp3) is 0.556. The SMILES string of the molecule is COC(=O)c1cccc(CN2CCN(CC3=CC=CC(C(=O)OC)N3)CCN(C(=O)OC(C)(C)C)CC2)n1. The van der Waals surface area contributed by atoms with Crippen molar-refractivity contribution in [3.8, 4) is 0 Å². The second-order valence-electron chi connectivity index (χ2n) is 10.2. The first-order valence-electron chi connectivity index (χ1n) is 12.8. The van der Waals surface area contributed by atoms with E-state index in [0.29, 0.717) is 39.3 Å². The minimum absolute atomic E-state index is 0.259. The van der Waals surface area contributed by atoms with E-state index in [-0.39, 0.29) is 17.8 Å². The number of methoxy groups -OCH3 is 2. The minimum atomic E-state index is -0.598. The third kappa shape index (κ3) is 8.84. The van der Waals surface area contributed by atoms with Crippen LogP contribution in [0.15, 0.2) is 42.1 Å². The summed E-state index contributed by atoms with van der Waals surface area (Å²) in [7, 11) is 2.70. The van der Waals surface area contributed by atoms with Crippen LogP contribution in [0.25, 0.3) is 0 Å². The highest BCUT2D eigenvalue weighted by molar-refractivity contribution is 5.87. The topological polar surface area (TPSA) is 114 Å². The van der Waals surface area contributed by atoms with Crippen molar-refractivity contribution < 1.29 is 28.6 Å². The van der Waals surface area contributed by atoms with E-state index in [9.17, 15) is 14.4 Å². The molecule has 1 fully saturated rings. The molecule has 2 aliphatic heterocycles. The Kier molecular flexibility index (Phi) is 10.3. The summed E-state index contributed by atoms with van der Waals surface area (Å²) in [5, 5.41) is 3.23. The number of carbonyl (C=O) groups is 3. The number of ether oxygens (including phenoxy) is 3. The van der Waals surface area contributed by atoms with Crippen LogP contribution in [0.5, 0.6) is 0 Å². The summed E-state index contributed by atoms with van der Waals surface area (Å²) in [4.78, 5) is 47.6. The first kappa shape index (κ1) is 29.1. The van der Waals surface area contributed by atoms with Crippen molar-refractivity contribution >= 4 is 18.0 Å². The maximum absolute atomic E-state index is 13.0. The Labute approximate surface area is 224 Å². The summed E-state index contributed by atoms with van der Waals surface area (Å²) in [6.07, 6.45) is 5.20. The number of aromatic nitrogens is 1. The Morgan fingerprint density at radius 2 is 1.63 bits per heavy atom. The fourth-order valence-electron chi connectivity index (χ4n) is 4.17. The first-order chi connectivity index (χ1) is 18.1. The van der Waals surface area contributed by atoms with E-state index >= 15 is 0 Å². The van der Waals surface area contributed by atoms with Gasteiger partial charge < -0.3 is 24.4 Å². The molecule has 0 aliphatic carbocycles. The molecule has 3 heterocycles. The summed E-state index contributed by atoms with van der Waals surface area (Å²) < 4.78 is 15.3. The molecular weight excluding hydrogens is 490 g/mol. The highest BCUT2D eigenvalue weighted by atomic mass is 16.6. The lowest BCUT2D eigenvalue weighted by molar-refractivity contribution is -0.141. The Bertz CT molecular complexity index is 1050. The van der Waals surface area contributed by atoms with E-state index in [4.69, 9.17) is 14.2 Å². The normalized spacial score (nSPS) is 19.3. The van der Waals surface area contributed by atoms with Crippen LogP contribution < -0.4 is 5.32 Å². The minimum Gasteiger partial charge on any atom is -0.467 e. The molecule has 11 nitrogen and oxygen atoms in total. The summed E-state index contributed by atoms with van der Waals surface area (Å²) in [6, 6.07) is 4.76. The molecule has 3 rings (SSSR count). The number of esters is 2. The number of hydrogen-bond donors (Lipinski definition) is 1. The van der Waals surface area contributed by atoms with Gasteiger partial charge in [0.05, 0.1) is 19.9 Å². The van der Waals surface area contributed by atoms with Gasteiger partial charge in [0.2, 0.25) is 0 Å². The van der Waals surface area contributed by atoms with Crippen LogP contribution >= 0.6 is 0 Å². The molecule has 1 N–H and O–H groups in total. The van der Waals surface area contributed by atoms with E-state index in [2.05, 4.69) is 20.1 Å². The number of dihydropyridines is 1. The number of allylic oxidation sites excluding steroid dienone is 2. The lowest BCUT2D eigenvalue weighted by Crippen LogP contribution is -2.44. The highest BCUT2D eigenvalue weighted by Gasteiger charge is 2.26. The number of nitrogens with one attached hydrogen (secondary N) is 1. The van der Waals surface area contributed by atoms with Crippen molar-refractivity contribution in [3.63, 3.8) is 0 Å². The van der Waals surface area contributed by atoms with Crippen LogP contribution in [-0.4, -0.2) is 109 Å².